The van der Waals surface area contributed by atoms with Crippen LogP contribution >= 0.6 is 0 Å². The maximum absolute atomic E-state index is 14.8. The van der Waals surface area contributed by atoms with E-state index in [9.17, 15) is 22.0 Å². The molecule has 0 aliphatic carbocycles. The van der Waals surface area contributed by atoms with Crippen molar-refractivity contribution >= 4 is 15.9 Å². The van der Waals surface area contributed by atoms with Crippen molar-refractivity contribution in [1.82, 2.24) is 9.71 Å². The Morgan fingerprint density at radius 1 is 0.968 bits per heavy atom. The summed E-state index contributed by atoms with van der Waals surface area (Å²) in [6.07, 6.45) is 2.07. The van der Waals surface area contributed by atoms with E-state index in [1.54, 1.807) is 4.72 Å². The third kappa shape index (κ3) is 5.66. The fraction of sp³-hybridized carbons (Fsp3) is 0.100. The fourth-order valence-corrected chi connectivity index (χ4v) is 2.90. The van der Waals surface area contributed by atoms with Gasteiger partial charge >= 0.3 is 0 Å². The number of benzene rings is 2. The van der Waals surface area contributed by atoms with Crippen LogP contribution in [0.2, 0.25) is 0 Å². The van der Waals surface area contributed by atoms with E-state index in [2.05, 4.69) is 4.98 Å². The molecule has 11 heteroatoms. The number of hydrogen-bond acceptors (Lipinski definition) is 7. The van der Waals surface area contributed by atoms with Gasteiger partial charge in [-0.2, -0.15) is 4.39 Å². The average molecular weight is 450 g/mol. The first-order valence-corrected chi connectivity index (χ1v) is 10.5. The van der Waals surface area contributed by atoms with Crippen LogP contribution < -0.4 is 18.9 Å². The van der Waals surface area contributed by atoms with Gasteiger partial charge in [0.05, 0.1) is 25.1 Å². The van der Waals surface area contributed by atoms with E-state index in [1.165, 1.54) is 42.6 Å². The molecule has 0 saturated heterocycles. The van der Waals surface area contributed by atoms with E-state index >= 15 is 0 Å². The molecule has 2 aromatic carbocycles. The van der Waals surface area contributed by atoms with Crippen molar-refractivity contribution in [3.05, 3.63) is 71.9 Å². The van der Waals surface area contributed by atoms with Gasteiger partial charge in [-0.3, -0.25) is 4.79 Å². The third-order valence-electron chi connectivity index (χ3n) is 3.76. The highest BCUT2D eigenvalue weighted by atomic mass is 32.2. The van der Waals surface area contributed by atoms with E-state index in [1.807, 2.05) is 0 Å². The van der Waals surface area contributed by atoms with E-state index in [-0.39, 0.29) is 22.9 Å². The number of methoxy groups -OCH3 is 1. The Morgan fingerprint density at radius 2 is 1.65 bits per heavy atom. The molecular formula is C20H16F2N2O6S. The van der Waals surface area contributed by atoms with E-state index in [0.29, 0.717) is 5.75 Å². The lowest BCUT2D eigenvalue weighted by Gasteiger charge is -2.13. The monoisotopic (exact) mass is 450 g/mol. The standard InChI is InChI=1S/C20H16F2N2O6S/c1-28-19-15(20(25)24-31(2,26)27)8-9-16(18(19)22)29-14-7-10-17(23-11-14)30-13-5-3-12(21)4-6-13/h3-11H,1-2H3,(H,24,25). The van der Waals surface area contributed by atoms with Crippen LogP contribution in [0.25, 0.3) is 0 Å². The third-order valence-corrected chi connectivity index (χ3v) is 4.32. The van der Waals surface area contributed by atoms with Gasteiger partial charge in [-0.05, 0) is 42.5 Å². The number of carbonyl (C=O) groups is 1. The Kier molecular flexibility index (Phi) is 6.35. The smallest absolute Gasteiger partial charge is 0.268 e. The highest BCUT2D eigenvalue weighted by Crippen LogP contribution is 2.33. The number of carbonyl (C=O) groups excluding carboxylic acids is 1. The number of rotatable bonds is 7. The van der Waals surface area contributed by atoms with Gasteiger partial charge in [0.2, 0.25) is 21.7 Å². The average Bonchev–Trinajstić information content (AvgIpc) is 2.71. The number of aromatic nitrogens is 1. The van der Waals surface area contributed by atoms with Crippen molar-refractivity contribution in [1.29, 1.82) is 0 Å². The van der Waals surface area contributed by atoms with Gasteiger partial charge in [-0.1, -0.05) is 0 Å². The Bertz CT molecular complexity index is 1200. The fourth-order valence-electron chi connectivity index (χ4n) is 2.46. The van der Waals surface area contributed by atoms with Gasteiger partial charge in [-0.25, -0.2) is 22.5 Å². The molecule has 8 nitrogen and oxygen atoms in total. The summed E-state index contributed by atoms with van der Waals surface area (Å²) in [5.74, 6) is -2.48. The lowest BCUT2D eigenvalue weighted by Crippen LogP contribution is -2.29. The van der Waals surface area contributed by atoms with Gasteiger partial charge in [0, 0.05) is 6.07 Å². The zero-order valence-electron chi connectivity index (χ0n) is 16.3. The second kappa shape index (κ2) is 8.96. The summed E-state index contributed by atoms with van der Waals surface area (Å²) in [6, 6.07) is 10.6. The molecule has 3 aromatic rings. The number of nitrogens with zero attached hydrogens (tertiary/aromatic N) is 1. The second-order valence-electron chi connectivity index (χ2n) is 6.15. The van der Waals surface area contributed by atoms with Gasteiger partial charge in [-0.15, -0.1) is 0 Å². The molecule has 162 valence electrons. The van der Waals surface area contributed by atoms with Crippen LogP contribution in [0.5, 0.6) is 28.9 Å². The predicted octanol–water partition coefficient (Wildman–Crippen LogP) is 3.64. The zero-order valence-corrected chi connectivity index (χ0v) is 17.1. The first-order valence-electron chi connectivity index (χ1n) is 8.62. The van der Waals surface area contributed by atoms with Crippen molar-refractivity contribution in [3.63, 3.8) is 0 Å². The Balaban J connectivity index is 1.77. The van der Waals surface area contributed by atoms with Crippen LogP contribution in [0.1, 0.15) is 10.4 Å². The van der Waals surface area contributed by atoms with Gasteiger partial charge in [0.25, 0.3) is 5.91 Å². The molecule has 0 bridgehead atoms. The van der Waals surface area contributed by atoms with Crippen molar-refractivity contribution in [3.8, 4) is 28.9 Å². The number of ether oxygens (including phenoxy) is 3. The molecule has 1 amide bonds. The minimum Gasteiger partial charge on any atom is -0.493 e. The van der Waals surface area contributed by atoms with E-state index < -0.39 is 33.3 Å². The lowest BCUT2D eigenvalue weighted by molar-refractivity contribution is 0.0977. The highest BCUT2D eigenvalue weighted by molar-refractivity contribution is 7.89. The molecular weight excluding hydrogens is 434 g/mol. The molecule has 31 heavy (non-hydrogen) atoms. The maximum Gasteiger partial charge on any atom is 0.268 e. The molecule has 1 aromatic heterocycles. The quantitative estimate of drug-likeness (QED) is 0.586. The molecule has 0 unspecified atom stereocenters. The zero-order chi connectivity index (χ0) is 22.6. The molecule has 0 atom stereocenters. The number of halogens is 2. The Hall–Kier alpha value is -3.73. The predicted molar refractivity (Wildman–Crippen MR) is 106 cm³/mol. The summed E-state index contributed by atoms with van der Waals surface area (Å²) < 4.78 is 67.7. The molecule has 0 radical (unpaired) electrons. The van der Waals surface area contributed by atoms with Crippen LogP contribution in [0.15, 0.2) is 54.7 Å². The van der Waals surface area contributed by atoms with Crippen LogP contribution in [-0.2, 0) is 10.0 Å². The lowest BCUT2D eigenvalue weighted by atomic mass is 10.1. The Morgan fingerprint density at radius 3 is 2.23 bits per heavy atom. The highest BCUT2D eigenvalue weighted by Gasteiger charge is 2.22. The van der Waals surface area contributed by atoms with Gasteiger partial charge in [0.1, 0.15) is 17.3 Å². The van der Waals surface area contributed by atoms with Crippen molar-refractivity contribution in [2.24, 2.45) is 0 Å². The van der Waals surface area contributed by atoms with Crippen LogP contribution in [-0.4, -0.2) is 32.7 Å². The minimum absolute atomic E-state index is 0.153. The molecule has 0 saturated carbocycles. The Labute approximate surface area is 176 Å². The summed E-state index contributed by atoms with van der Waals surface area (Å²) in [5, 5.41) is 0. The first kappa shape index (κ1) is 22.0. The number of sulfonamides is 1. The molecule has 0 aliphatic heterocycles. The topological polar surface area (TPSA) is 104 Å². The summed E-state index contributed by atoms with van der Waals surface area (Å²) in [4.78, 5) is 16.1. The SMILES string of the molecule is COc1c(C(=O)NS(C)(=O)=O)ccc(Oc2ccc(Oc3ccc(F)cc3)nc2)c1F. The number of nitrogens with one attached hydrogen (secondary N) is 1. The number of hydrogen-bond donors (Lipinski definition) is 1. The normalized spacial score (nSPS) is 11.0. The molecule has 1 heterocycles. The van der Waals surface area contributed by atoms with Crippen molar-refractivity contribution in [2.75, 3.05) is 13.4 Å². The number of pyridine rings is 1. The molecule has 0 spiro atoms. The first-order chi connectivity index (χ1) is 14.7. The van der Waals surface area contributed by atoms with Crippen molar-refractivity contribution in [2.45, 2.75) is 0 Å². The van der Waals surface area contributed by atoms with Crippen LogP contribution in [0, 0.1) is 11.6 Å². The molecule has 3 rings (SSSR count). The van der Waals surface area contributed by atoms with E-state index in [4.69, 9.17) is 14.2 Å². The summed E-state index contributed by atoms with van der Waals surface area (Å²) >= 11 is 0. The number of amides is 1. The maximum atomic E-state index is 14.8. The van der Waals surface area contributed by atoms with Crippen molar-refractivity contribution < 1.29 is 36.2 Å². The van der Waals surface area contributed by atoms with Crippen LogP contribution in [0.4, 0.5) is 8.78 Å². The summed E-state index contributed by atoms with van der Waals surface area (Å²) in [5.41, 5.74) is -0.320. The summed E-state index contributed by atoms with van der Waals surface area (Å²) in [6.45, 7) is 0. The van der Waals surface area contributed by atoms with Crippen LogP contribution in [0.3, 0.4) is 0 Å². The summed E-state index contributed by atoms with van der Waals surface area (Å²) in [7, 11) is -2.72. The molecule has 0 fully saturated rings. The molecule has 1 N–H and O–H groups in total. The van der Waals surface area contributed by atoms with E-state index in [0.717, 1.165) is 25.5 Å². The van der Waals surface area contributed by atoms with Gasteiger partial charge < -0.3 is 14.2 Å². The minimum atomic E-state index is -3.84. The molecule has 0 aliphatic rings. The van der Waals surface area contributed by atoms with Gasteiger partial charge in [0.15, 0.2) is 11.5 Å². The second-order valence-corrected chi connectivity index (χ2v) is 7.90. The largest absolute Gasteiger partial charge is 0.493 e.